The molecule has 8 N–H and O–H groups in total. The van der Waals surface area contributed by atoms with Crippen LogP contribution < -0.4 is 27.4 Å². The number of nitrogens with one attached hydrogen (secondary N) is 4. The van der Waals surface area contributed by atoms with Crippen LogP contribution >= 0.6 is 11.8 Å². The topological polar surface area (TPSA) is 158 Å². The van der Waals surface area contributed by atoms with Gasteiger partial charge in [0.15, 0.2) is 0 Å². The van der Waals surface area contributed by atoms with Crippen LogP contribution in [0.2, 0.25) is 0 Å². The lowest BCUT2D eigenvalue weighted by Crippen LogP contribution is -2.60. The molecule has 10 nitrogen and oxygen atoms in total. The number of para-hydroxylation sites is 1. The van der Waals surface area contributed by atoms with E-state index in [1.165, 1.54) is 4.90 Å². The number of aromatic nitrogens is 1. The Hall–Kier alpha value is -4.16. The van der Waals surface area contributed by atoms with Gasteiger partial charge in [-0.3, -0.25) is 14.4 Å². The number of amides is 3. The number of fused-ring (bicyclic) bond motifs is 3. The lowest BCUT2D eigenvalue weighted by atomic mass is 10.0. The zero-order valence-electron chi connectivity index (χ0n) is 27.1. The Morgan fingerprint density at radius 1 is 0.894 bits per heavy atom. The number of H-pyrrole nitrogens is 1. The quantitative estimate of drug-likeness (QED) is 0.178. The molecule has 0 bridgehead atoms. The monoisotopic (exact) mass is 655 g/mol. The number of rotatable bonds is 7. The van der Waals surface area contributed by atoms with Gasteiger partial charge in [-0.25, -0.2) is 0 Å². The van der Waals surface area contributed by atoms with Crippen molar-refractivity contribution in [3.05, 3.63) is 95.2 Å². The summed E-state index contributed by atoms with van der Waals surface area (Å²) < 4.78 is 0. The first-order valence-corrected chi connectivity index (χ1v) is 17.1. The van der Waals surface area contributed by atoms with E-state index in [4.69, 9.17) is 11.5 Å². The van der Waals surface area contributed by atoms with Crippen LogP contribution in [-0.4, -0.2) is 65.4 Å². The van der Waals surface area contributed by atoms with E-state index >= 15 is 0 Å². The molecule has 0 saturated heterocycles. The number of benzene rings is 3. The smallest absolute Gasteiger partial charge is 0.247 e. The van der Waals surface area contributed by atoms with Crippen molar-refractivity contribution in [1.29, 1.82) is 0 Å². The normalized spacial score (nSPS) is 19.9. The Morgan fingerprint density at radius 2 is 1.66 bits per heavy atom. The SMILES string of the molecule is CCN1C(=O)[C@H](CN)NC(=O)[C@H](CCCN)NCc2ccccc2Sc2c(C)cccc2CNC(=O)[C@@H]1Cc1c[nH]c2ccccc12. The number of aromatic amines is 1. The summed E-state index contributed by atoms with van der Waals surface area (Å²) in [6.45, 7) is 5.20. The molecule has 0 spiro atoms. The molecule has 1 aromatic heterocycles. The molecule has 3 atom stereocenters. The van der Waals surface area contributed by atoms with Gasteiger partial charge in [-0.1, -0.05) is 66.4 Å². The predicted octanol–water partition coefficient (Wildman–Crippen LogP) is 3.36. The standard InChI is InChI=1S/C36H45N7O3S/c1-3-43-31(18-26-22-39-28-14-6-5-13-27(26)28)35(45)41-21-25-12-8-10-23(2)33(25)47-32-16-7-4-11-24(32)20-40-29(15-9-17-37)34(44)42-30(19-38)36(43)46/h4-8,10-14,16,22,29-31,39-40H,3,9,15,17-21,37-38H2,1-2H3,(H,41,45)(H,42,44)/t29-,30-,31-/m0/s1. The maximum Gasteiger partial charge on any atom is 0.247 e. The summed E-state index contributed by atoms with van der Waals surface area (Å²) in [5, 5.41) is 10.5. The van der Waals surface area contributed by atoms with Gasteiger partial charge in [0, 0.05) is 59.5 Å². The number of hydrogen-bond acceptors (Lipinski definition) is 7. The van der Waals surface area contributed by atoms with Gasteiger partial charge in [-0.05, 0) is 67.6 Å². The highest BCUT2D eigenvalue weighted by Crippen LogP contribution is 2.35. The number of nitrogens with two attached hydrogens (primary N) is 2. The van der Waals surface area contributed by atoms with Crippen LogP contribution in [0, 0.1) is 6.92 Å². The van der Waals surface area contributed by atoms with Crippen molar-refractivity contribution in [3.8, 4) is 0 Å². The maximum absolute atomic E-state index is 14.2. The third-order valence-corrected chi connectivity index (χ3v) is 10.1. The summed E-state index contributed by atoms with van der Waals surface area (Å²) in [5.41, 5.74) is 16.9. The predicted molar refractivity (Wildman–Crippen MR) is 187 cm³/mol. The summed E-state index contributed by atoms with van der Waals surface area (Å²) in [5.74, 6) is -1.01. The molecule has 0 fully saturated rings. The van der Waals surface area contributed by atoms with Crippen molar-refractivity contribution in [2.75, 3.05) is 19.6 Å². The largest absolute Gasteiger partial charge is 0.361 e. The number of hydrogen-bond donors (Lipinski definition) is 6. The molecule has 3 amide bonds. The van der Waals surface area contributed by atoms with Crippen molar-refractivity contribution in [2.45, 2.75) is 74.1 Å². The van der Waals surface area contributed by atoms with E-state index < -0.39 is 24.0 Å². The molecule has 1 aliphatic heterocycles. The van der Waals surface area contributed by atoms with E-state index in [-0.39, 0.29) is 37.9 Å². The lowest BCUT2D eigenvalue weighted by Gasteiger charge is -2.33. The van der Waals surface area contributed by atoms with Crippen molar-refractivity contribution in [2.24, 2.45) is 11.5 Å². The highest BCUT2D eigenvalue weighted by molar-refractivity contribution is 7.99. The van der Waals surface area contributed by atoms with Crippen molar-refractivity contribution in [3.63, 3.8) is 0 Å². The summed E-state index contributed by atoms with van der Waals surface area (Å²) >= 11 is 1.65. The highest BCUT2D eigenvalue weighted by atomic mass is 32.2. The van der Waals surface area contributed by atoms with E-state index in [0.29, 0.717) is 25.9 Å². The number of carbonyl (C=O) groups excluding carboxylic acids is 3. The minimum absolute atomic E-state index is 0.113. The first-order valence-electron chi connectivity index (χ1n) is 16.3. The second-order valence-electron chi connectivity index (χ2n) is 11.9. The van der Waals surface area contributed by atoms with Crippen LogP contribution in [0.15, 0.2) is 82.7 Å². The van der Waals surface area contributed by atoms with Crippen LogP contribution in [0.25, 0.3) is 10.9 Å². The van der Waals surface area contributed by atoms with Gasteiger partial charge < -0.3 is 37.3 Å². The first kappa shape index (κ1) is 34.2. The second kappa shape index (κ2) is 16.1. The number of aryl methyl sites for hydroxylation is 1. The second-order valence-corrected chi connectivity index (χ2v) is 12.9. The molecule has 248 valence electrons. The Balaban J connectivity index is 1.56. The third-order valence-electron chi connectivity index (χ3n) is 8.72. The summed E-state index contributed by atoms with van der Waals surface area (Å²) in [6, 6.07) is 19.6. The van der Waals surface area contributed by atoms with Gasteiger partial charge in [0.25, 0.3) is 0 Å². The van der Waals surface area contributed by atoms with E-state index in [9.17, 15) is 14.4 Å². The number of likely N-dealkylation sites (N-methyl/N-ethyl adjacent to an activating group) is 1. The molecular weight excluding hydrogens is 611 g/mol. The van der Waals surface area contributed by atoms with Crippen LogP contribution in [0.1, 0.15) is 42.0 Å². The summed E-state index contributed by atoms with van der Waals surface area (Å²) in [6.07, 6.45) is 3.29. The van der Waals surface area contributed by atoms with Crippen molar-refractivity contribution >= 4 is 40.4 Å². The zero-order chi connectivity index (χ0) is 33.3. The molecule has 0 unspecified atom stereocenters. The molecule has 1 aliphatic rings. The van der Waals surface area contributed by atoms with E-state index in [0.717, 1.165) is 42.9 Å². The molecule has 0 radical (unpaired) electrons. The molecule has 0 aliphatic carbocycles. The summed E-state index contributed by atoms with van der Waals surface area (Å²) in [4.78, 5) is 49.0. The molecule has 0 saturated carbocycles. The average molecular weight is 656 g/mol. The molecule has 47 heavy (non-hydrogen) atoms. The minimum Gasteiger partial charge on any atom is -0.361 e. The van der Waals surface area contributed by atoms with E-state index in [2.05, 4.69) is 40.0 Å². The van der Waals surface area contributed by atoms with Gasteiger partial charge >= 0.3 is 0 Å². The van der Waals surface area contributed by atoms with Crippen LogP contribution in [0.4, 0.5) is 0 Å². The fourth-order valence-corrected chi connectivity index (χ4v) is 7.25. The first-order chi connectivity index (χ1) is 22.8. The Bertz CT molecular complexity index is 1710. The maximum atomic E-state index is 14.2. The fourth-order valence-electron chi connectivity index (χ4n) is 6.12. The zero-order valence-corrected chi connectivity index (χ0v) is 27.9. The third kappa shape index (κ3) is 8.05. The van der Waals surface area contributed by atoms with E-state index in [1.807, 2.05) is 67.7 Å². The molecule has 2 heterocycles. The molecule has 5 rings (SSSR count). The highest BCUT2D eigenvalue weighted by Gasteiger charge is 2.35. The number of carbonyl (C=O) groups is 3. The average Bonchev–Trinajstić information content (AvgIpc) is 3.49. The Kier molecular flexibility index (Phi) is 11.7. The van der Waals surface area contributed by atoms with Crippen molar-refractivity contribution < 1.29 is 14.4 Å². The van der Waals surface area contributed by atoms with Crippen molar-refractivity contribution in [1.82, 2.24) is 25.8 Å². The van der Waals surface area contributed by atoms with Crippen LogP contribution in [-0.2, 0) is 33.9 Å². The van der Waals surface area contributed by atoms with Gasteiger partial charge in [0.2, 0.25) is 17.7 Å². The fraction of sp³-hybridized carbons (Fsp3) is 0.361. The minimum atomic E-state index is -1.01. The molecule has 11 heteroatoms. The number of nitrogens with zero attached hydrogens (tertiary/aromatic N) is 1. The van der Waals surface area contributed by atoms with Crippen LogP contribution in [0.5, 0.6) is 0 Å². The summed E-state index contributed by atoms with van der Waals surface area (Å²) in [7, 11) is 0. The molecule has 3 aromatic carbocycles. The Labute approximate surface area is 280 Å². The van der Waals surface area contributed by atoms with Gasteiger partial charge in [0.05, 0.1) is 6.04 Å². The van der Waals surface area contributed by atoms with Gasteiger partial charge in [-0.15, -0.1) is 0 Å². The lowest BCUT2D eigenvalue weighted by molar-refractivity contribution is -0.143. The van der Waals surface area contributed by atoms with Gasteiger partial charge in [-0.2, -0.15) is 0 Å². The van der Waals surface area contributed by atoms with E-state index in [1.54, 1.807) is 11.8 Å². The van der Waals surface area contributed by atoms with Crippen LogP contribution in [0.3, 0.4) is 0 Å². The molecule has 4 aromatic rings. The van der Waals surface area contributed by atoms with Gasteiger partial charge in [0.1, 0.15) is 12.1 Å². The molecular formula is C36H45N7O3S. The Morgan fingerprint density at radius 3 is 2.45 bits per heavy atom.